The monoisotopic (exact) mass is 408 g/mol. The van der Waals surface area contributed by atoms with Gasteiger partial charge in [-0.15, -0.1) is 0 Å². The fraction of sp³-hybridized carbons (Fsp3) is 0.412. The molecule has 2 heterocycles. The van der Waals surface area contributed by atoms with E-state index in [1.807, 2.05) is 26.0 Å². The summed E-state index contributed by atoms with van der Waals surface area (Å²) in [5, 5.41) is 10.2. The standard InChI is InChI=1S/C17H21N4O6P/c1-9-7-12-13(8-10(9)2)21(5-3-11(22)4-6-26-27-28-25)15-14(18-12)16(23)20-17(24)19-15/h7-8,11,22,25,28H,3-6H2,1-2H3,(H,20,23,24). The Labute approximate surface area is 161 Å². The second-order valence-electron chi connectivity index (χ2n) is 6.46. The smallest absolute Gasteiger partial charge is 0.349 e. The number of aliphatic hydroxyl groups excluding tert-OH is 1. The van der Waals surface area contributed by atoms with Crippen LogP contribution in [0.2, 0.25) is 0 Å². The van der Waals surface area contributed by atoms with Gasteiger partial charge in [-0.2, -0.15) is 9.66 Å². The lowest BCUT2D eigenvalue weighted by Crippen LogP contribution is -2.29. The van der Waals surface area contributed by atoms with Gasteiger partial charge in [0.25, 0.3) is 5.56 Å². The van der Waals surface area contributed by atoms with Crippen molar-refractivity contribution >= 4 is 20.1 Å². The molecule has 0 aliphatic carbocycles. The van der Waals surface area contributed by atoms with Gasteiger partial charge >= 0.3 is 5.69 Å². The van der Waals surface area contributed by atoms with Crippen LogP contribution >= 0.6 is 9.03 Å². The lowest BCUT2D eigenvalue weighted by molar-refractivity contribution is -0.205. The number of hydrogen-bond acceptors (Lipinski definition) is 8. The first kappa shape index (κ1) is 20.5. The van der Waals surface area contributed by atoms with Crippen molar-refractivity contribution in [3.63, 3.8) is 0 Å². The van der Waals surface area contributed by atoms with Crippen LogP contribution in [0.5, 0.6) is 0 Å². The molecule has 28 heavy (non-hydrogen) atoms. The SMILES string of the molecule is Cc1cc2nc3c(=O)[nH]c(=O)nc-3n(CCC(O)CCOOPO)c2cc1C. The average molecular weight is 408 g/mol. The quantitative estimate of drug-likeness (QED) is 0.163. The van der Waals surface area contributed by atoms with Crippen molar-refractivity contribution in [3.8, 4) is 11.5 Å². The molecule has 150 valence electrons. The maximum atomic E-state index is 12.2. The lowest BCUT2D eigenvalue weighted by Gasteiger charge is -2.19. The summed E-state index contributed by atoms with van der Waals surface area (Å²) in [4.78, 5) is 47.6. The van der Waals surface area contributed by atoms with Crippen LogP contribution in [-0.2, 0) is 16.1 Å². The van der Waals surface area contributed by atoms with Gasteiger partial charge in [0.1, 0.15) is 0 Å². The van der Waals surface area contributed by atoms with E-state index in [9.17, 15) is 14.7 Å². The molecule has 2 atom stereocenters. The first-order chi connectivity index (χ1) is 13.4. The summed E-state index contributed by atoms with van der Waals surface area (Å²) >= 11 is 0. The maximum absolute atomic E-state index is 12.2. The Hall–Kier alpha value is -2.23. The molecule has 0 saturated heterocycles. The van der Waals surface area contributed by atoms with E-state index < -0.39 is 26.4 Å². The second kappa shape index (κ2) is 8.85. The molecule has 1 aromatic carbocycles. The molecule has 11 heteroatoms. The number of aromatic nitrogens is 4. The van der Waals surface area contributed by atoms with E-state index in [2.05, 4.69) is 19.6 Å². The Morgan fingerprint density at radius 2 is 1.96 bits per heavy atom. The van der Waals surface area contributed by atoms with Crippen LogP contribution in [0.4, 0.5) is 0 Å². The lowest BCUT2D eigenvalue weighted by atomic mass is 10.1. The van der Waals surface area contributed by atoms with Crippen molar-refractivity contribution in [2.75, 3.05) is 6.61 Å². The number of fused-ring (bicyclic) bond motifs is 2. The third kappa shape index (κ3) is 4.43. The van der Waals surface area contributed by atoms with Crippen molar-refractivity contribution in [2.45, 2.75) is 39.3 Å². The van der Waals surface area contributed by atoms with Gasteiger partial charge < -0.3 is 14.6 Å². The minimum absolute atomic E-state index is 0.0745. The molecule has 0 saturated carbocycles. The van der Waals surface area contributed by atoms with E-state index in [4.69, 9.17) is 9.78 Å². The number of nitrogens with zero attached hydrogens (tertiary/aromatic N) is 3. The van der Waals surface area contributed by atoms with Gasteiger partial charge in [-0.25, -0.2) is 14.7 Å². The summed E-state index contributed by atoms with van der Waals surface area (Å²) in [5.41, 5.74) is 2.12. The van der Waals surface area contributed by atoms with Crippen LogP contribution in [0.25, 0.3) is 22.6 Å². The summed E-state index contributed by atoms with van der Waals surface area (Å²) in [6.45, 7) is 4.35. The predicted octanol–water partition coefficient (Wildman–Crippen LogP) is 0.792. The molecule has 0 aromatic heterocycles. The Morgan fingerprint density at radius 1 is 1.21 bits per heavy atom. The highest BCUT2D eigenvalue weighted by molar-refractivity contribution is 7.24. The van der Waals surface area contributed by atoms with Crippen molar-refractivity contribution in [2.24, 2.45) is 0 Å². The minimum Gasteiger partial charge on any atom is -0.393 e. The second-order valence-corrected chi connectivity index (χ2v) is 6.81. The van der Waals surface area contributed by atoms with Crippen molar-refractivity contribution < 1.29 is 19.6 Å². The highest BCUT2D eigenvalue weighted by Gasteiger charge is 2.19. The number of nitrogens with one attached hydrogen (secondary N) is 1. The summed E-state index contributed by atoms with van der Waals surface area (Å²) in [5.74, 6) is 0.178. The molecule has 1 aromatic rings. The fourth-order valence-corrected chi connectivity index (χ4v) is 3.09. The van der Waals surface area contributed by atoms with Crippen LogP contribution in [-0.4, -0.2) is 42.2 Å². The summed E-state index contributed by atoms with van der Waals surface area (Å²) in [7, 11) is -0.773. The third-order valence-electron chi connectivity index (χ3n) is 4.54. The molecule has 0 radical (unpaired) electrons. The van der Waals surface area contributed by atoms with Crippen LogP contribution in [0.1, 0.15) is 24.0 Å². The molecule has 10 nitrogen and oxygen atoms in total. The molecule has 3 N–H and O–H groups in total. The van der Waals surface area contributed by atoms with Gasteiger partial charge in [0.2, 0.25) is 0 Å². The molecule has 0 amide bonds. The third-order valence-corrected chi connectivity index (χ3v) is 4.73. The molecule has 0 spiro atoms. The van der Waals surface area contributed by atoms with E-state index in [-0.39, 0.29) is 18.1 Å². The average Bonchev–Trinajstić information content (AvgIpc) is 2.64. The van der Waals surface area contributed by atoms with E-state index in [1.165, 1.54) is 0 Å². The largest absolute Gasteiger partial charge is 0.393 e. The van der Waals surface area contributed by atoms with Crippen LogP contribution in [0.15, 0.2) is 21.7 Å². The first-order valence-corrected chi connectivity index (χ1v) is 9.53. The predicted molar refractivity (Wildman–Crippen MR) is 103 cm³/mol. The molecular formula is C17H21N4O6P. The Bertz CT molecular complexity index is 1070. The number of hydrogen-bond donors (Lipinski definition) is 3. The summed E-state index contributed by atoms with van der Waals surface area (Å²) in [6, 6.07) is 3.80. The Balaban J connectivity index is 1.99. The number of rotatable bonds is 8. The minimum atomic E-state index is -0.773. The zero-order valence-electron chi connectivity index (χ0n) is 15.4. The van der Waals surface area contributed by atoms with Crippen LogP contribution < -0.4 is 11.2 Å². The summed E-state index contributed by atoms with van der Waals surface area (Å²) in [6.07, 6.45) is -0.0823. The molecule has 2 aliphatic rings. The number of aromatic amines is 1. The molecule has 3 rings (SSSR count). The van der Waals surface area contributed by atoms with Gasteiger partial charge in [0.15, 0.2) is 20.6 Å². The topological polar surface area (TPSA) is 140 Å². The number of H-pyrrole nitrogens is 1. The van der Waals surface area contributed by atoms with E-state index in [0.29, 0.717) is 24.9 Å². The molecule has 2 unspecified atom stereocenters. The first-order valence-electron chi connectivity index (χ1n) is 8.68. The number of benzene rings is 1. The number of aliphatic hydroxyl groups is 1. The van der Waals surface area contributed by atoms with Gasteiger partial charge in [-0.1, -0.05) is 0 Å². The highest BCUT2D eigenvalue weighted by atomic mass is 31.1. The van der Waals surface area contributed by atoms with Crippen molar-refractivity contribution in [1.29, 1.82) is 0 Å². The molecule has 2 aliphatic heterocycles. The van der Waals surface area contributed by atoms with E-state index >= 15 is 0 Å². The van der Waals surface area contributed by atoms with E-state index in [0.717, 1.165) is 16.6 Å². The van der Waals surface area contributed by atoms with Gasteiger partial charge in [0, 0.05) is 6.54 Å². The van der Waals surface area contributed by atoms with Gasteiger partial charge in [-0.3, -0.25) is 9.78 Å². The van der Waals surface area contributed by atoms with Crippen LogP contribution in [0.3, 0.4) is 0 Å². The Morgan fingerprint density at radius 3 is 2.71 bits per heavy atom. The Kier molecular flexibility index (Phi) is 6.48. The zero-order valence-corrected chi connectivity index (χ0v) is 16.4. The number of aryl methyl sites for hydroxylation is 3. The fourth-order valence-electron chi connectivity index (χ4n) is 2.95. The molecule has 0 fully saturated rings. The molecular weight excluding hydrogens is 387 g/mol. The normalized spacial score (nSPS) is 13.1. The molecule has 0 bridgehead atoms. The highest BCUT2D eigenvalue weighted by Crippen LogP contribution is 2.24. The van der Waals surface area contributed by atoms with Gasteiger partial charge in [0.05, 0.1) is 23.7 Å². The van der Waals surface area contributed by atoms with Crippen molar-refractivity contribution in [1.82, 2.24) is 19.5 Å². The van der Waals surface area contributed by atoms with Crippen LogP contribution in [0, 0.1) is 13.8 Å². The zero-order chi connectivity index (χ0) is 20.3. The van der Waals surface area contributed by atoms with E-state index in [1.54, 1.807) is 4.57 Å². The van der Waals surface area contributed by atoms with Crippen molar-refractivity contribution in [3.05, 3.63) is 44.1 Å². The summed E-state index contributed by atoms with van der Waals surface area (Å²) < 4.78 is 6.12. The van der Waals surface area contributed by atoms with Gasteiger partial charge in [-0.05, 0) is 49.9 Å². The maximum Gasteiger partial charge on any atom is 0.349 e.